The normalized spacial score (nSPS) is 18.3. The third-order valence-electron chi connectivity index (χ3n) is 3.20. The van der Waals surface area contributed by atoms with Crippen molar-refractivity contribution in [3.8, 4) is 0 Å². The molecule has 1 fully saturated rings. The predicted molar refractivity (Wildman–Crippen MR) is 80.5 cm³/mol. The summed E-state index contributed by atoms with van der Waals surface area (Å²) in [5.41, 5.74) is 0.647. The number of carbonyl (C=O) groups is 1. The van der Waals surface area contributed by atoms with E-state index >= 15 is 0 Å². The van der Waals surface area contributed by atoms with Gasteiger partial charge in [0, 0.05) is 16.3 Å². The number of halogens is 3. The summed E-state index contributed by atoms with van der Waals surface area (Å²) in [6, 6.07) is 10.1. The lowest BCUT2D eigenvalue weighted by Gasteiger charge is -2.25. The van der Waals surface area contributed by atoms with Gasteiger partial charge in [0.15, 0.2) is 0 Å². The molecule has 0 radical (unpaired) electrons. The summed E-state index contributed by atoms with van der Waals surface area (Å²) in [6.45, 7) is 0. The zero-order chi connectivity index (χ0) is 15.0. The molecule has 1 aliphatic heterocycles. The number of hydrogen-bond donors (Lipinski definition) is 0. The summed E-state index contributed by atoms with van der Waals surface area (Å²) in [7, 11) is 0. The quantitative estimate of drug-likeness (QED) is 0.816. The maximum Gasteiger partial charge on any atom is 0.238 e. The van der Waals surface area contributed by atoms with Gasteiger partial charge in [0.05, 0.1) is 5.75 Å². The van der Waals surface area contributed by atoms with Gasteiger partial charge in [0.25, 0.3) is 0 Å². The largest absolute Gasteiger partial charge is 0.295 e. The highest BCUT2D eigenvalue weighted by Gasteiger charge is 2.36. The first-order valence-corrected chi connectivity index (χ1v) is 7.64. The summed E-state index contributed by atoms with van der Waals surface area (Å²) in [5, 5.41) is -0.336. The van der Waals surface area contributed by atoms with Gasteiger partial charge < -0.3 is 0 Å². The van der Waals surface area contributed by atoms with Gasteiger partial charge in [0.2, 0.25) is 5.91 Å². The molecule has 0 bridgehead atoms. The number of nitrogens with zero attached hydrogens (tertiary/aromatic N) is 1. The van der Waals surface area contributed by atoms with Gasteiger partial charge in [-0.2, -0.15) is 0 Å². The number of benzene rings is 2. The highest BCUT2D eigenvalue weighted by atomic mass is 35.5. The lowest BCUT2D eigenvalue weighted by molar-refractivity contribution is -0.115. The number of rotatable bonds is 2. The number of carbonyl (C=O) groups excluding carboxylic acids is 1. The average molecular weight is 326 g/mol. The zero-order valence-corrected chi connectivity index (χ0v) is 12.3. The van der Waals surface area contributed by atoms with Gasteiger partial charge >= 0.3 is 0 Å². The third-order valence-corrected chi connectivity index (χ3v) is 4.71. The molecule has 21 heavy (non-hydrogen) atoms. The fourth-order valence-electron chi connectivity index (χ4n) is 2.29. The highest BCUT2D eigenvalue weighted by Crippen LogP contribution is 2.44. The molecule has 2 aromatic rings. The molecule has 108 valence electrons. The van der Waals surface area contributed by atoms with Crippen molar-refractivity contribution in [3.63, 3.8) is 0 Å². The Morgan fingerprint density at radius 2 is 1.95 bits per heavy atom. The molecule has 1 atom stereocenters. The summed E-state index contributed by atoms with van der Waals surface area (Å²) < 4.78 is 27.5. The molecule has 0 spiro atoms. The standard InChI is InChI=1S/C15H10ClF2NOS/c16-11-5-2-6-12(18)14(11)15-19(13(20)8-21-15)10-4-1-3-9(17)7-10/h1-7,15H,8H2/t15-/m0/s1. The molecule has 6 heteroatoms. The molecule has 2 aromatic carbocycles. The Labute approximate surface area is 129 Å². The van der Waals surface area contributed by atoms with Crippen LogP contribution in [0.2, 0.25) is 5.02 Å². The van der Waals surface area contributed by atoms with E-state index in [1.54, 1.807) is 12.1 Å². The smallest absolute Gasteiger partial charge is 0.238 e. The monoisotopic (exact) mass is 325 g/mol. The van der Waals surface area contributed by atoms with Crippen LogP contribution < -0.4 is 4.90 Å². The van der Waals surface area contributed by atoms with Crippen LogP contribution in [-0.4, -0.2) is 11.7 Å². The number of thioether (sulfide) groups is 1. The number of hydrogen-bond acceptors (Lipinski definition) is 2. The van der Waals surface area contributed by atoms with Gasteiger partial charge in [-0.25, -0.2) is 8.78 Å². The van der Waals surface area contributed by atoms with Crippen LogP contribution in [0.1, 0.15) is 10.9 Å². The van der Waals surface area contributed by atoms with Crippen LogP contribution in [0, 0.1) is 11.6 Å². The molecule has 0 N–H and O–H groups in total. The SMILES string of the molecule is O=C1CS[C@@H](c2c(F)cccc2Cl)N1c1cccc(F)c1. The Morgan fingerprint density at radius 3 is 2.67 bits per heavy atom. The molecule has 1 saturated heterocycles. The highest BCUT2D eigenvalue weighted by molar-refractivity contribution is 8.00. The Bertz CT molecular complexity index is 690. The first kappa shape index (κ1) is 14.4. The fourth-order valence-corrected chi connectivity index (χ4v) is 3.85. The second-order valence-corrected chi connectivity index (χ2v) is 6.02. The molecular weight excluding hydrogens is 316 g/mol. The fraction of sp³-hybridized carbons (Fsp3) is 0.133. The lowest BCUT2D eigenvalue weighted by atomic mass is 10.1. The minimum absolute atomic E-state index is 0.199. The summed E-state index contributed by atoms with van der Waals surface area (Å²) in [4.78, 5) is 13.5. The third kappa shape index (κ3) is 2.63. The summed E-state index contributed by atoms with van der Waals surface area (Å²) >= 11 is 7.35. The van der Waals surface area contributed by atoms with Crippen LogP contribution in [0.25, 0.3) is 0 Å². The van der Waals surface area contributed by atoms with Gasteiger partial charge in [-0.05, 0) is 30.3 Å². The molecule has 1 aliphatic rings. The zero-order valence-electron chi connectivity index (χ0n) is 10.7. The minimum atomic E-state index is -0.590. The first-order valence-electron chi connectivity index (χ1n) is 6.21. The molecule has 1 amide bonds. The first-order chi connectivity index (χ1) is 10.1. The van der Waals surface area contributed by atoms with Crippen LogP contribution in [0.3, 0.4) is 0 Å². The maximum atomic E-state index is 14.1. The molecule has 0 aromatic heterocycles. The van der Waals surface area contributed by atoms with Crippen LogP contribution in [0.5, 0.6) is 0 Å². The van der Waals surface area contributed by atoms with E-state index in [2.05, 4.69) is 0 Å². The Balaban J connectivity index is 2.08. The Kier molecular flexibility index (Phi) is 3.87. The van der Waals surface area contributed by atoms with Crippen LogP contribution in [0.15, 0.2) is 42.5 Å². The Hall–Kier alpha value is -1.59. The summed E-state index contributed by atoms with van der Waals surface area (Å²) in [5.74, 6) is -0.923. The molecule has 2 nitrogen and oxygen atoms in total. The predicted octanol–water partition coefficient (Wildman–Crippen LogP) is 4.40. The van der Waals surface area contributed by atoms with Crippen LogP contribution in [0.4, 0.5) is 14.5 Å². The van der Waals surface area contributed by atoms with Crippen molar-refractivity contribution >= 4 is 35.0 Å². The number of amides is 1. The lowest BCUT2D eigenvalue weighted by Crippen LogP contribution is -2.28. The van der Waals surface area contributed by atoms with E-state index in [0.717, 1.165) is 0 Å². The average Bonchev–Trinajstić information content (AvgIpc) is 2.80. The van der Waals surface area contributed by atoms with E-state index in [9.17, 15) is 13.6 Å². The molecule has 1 heterocycles. The van der Waals surface area contributed by atoms with E-state index in [1.807, 2.05) is 0 Å². The minimum Gasteiger partial charge on any atom is -0.295 e. The van der Waals surface area contributed by atoms with Crippen molar-refractivity contribution in [1.29, 1.82) is 0 Å². The van der Waals surface area contributed by atoms with Gasteiger partial charge in [0.1, 0.15) is 17.0 Å². The van der Waals surface area contributed by atoms with Gasteiger partial charge in [-0.15, -0.1) is 11.8 Å². The maximum absolute atomic E-state index is 14.1. The second-order valence-electron chi connectivity index (χ2n) is 4.54. The van der Waals surface area contributed by atoms with E-state index in [4.69, 9.17) is 11.6 Å². The van der Waals surface area contributed by atoms with Crippen molar-refractivity contribution in [3.05, 3.63) is 64.7 Å². The van der Waals surface area contributed by atoms with Crippen molar-refractivity contribution in [1.82, 2.24) is 0 Å². The molecule has 3 rings (SSSR count). The van der Waals surface area contributed by atoms with Crippen molar-refractivity contribution < 1.29 is 13.6 Å². The van der Waals surface area contributed by atoms with E-state index < -0.39 is 17.0 Å². The topological polar surface area (TPSA) is 20.3 Å². The molecule has 0 saturated carbocycles. The van der Waals surface area contributed by atoms with Crippen LogP contribution in [-0.2, 0) is 4.79 Å². The second kappa shape index (κ2) is 5.66. The molecular formula is C15H10ClF2NOS. The van der Waals surface area contributed by atoms with Gasteiger partial charge in [-0.1, -0.05) is 23.7 Å². The molecule has 0 aliphatic carbocycles. The van der Waals surface area contributed by atoms with Crippen molar-refractivity contribution in [2.24, 2.45) is 0 Å². The van der Waals surface area contributed by atoms with Crippen molar-refractivity contribution in [2.45, 2.75) is 5.37 Å². The Morgan fingerprint density at radius 1 is 1.19 bits per heavy atom. The van der Waals surface area contributed by atoms with Gasteiger partial charge in [-0.3, -0.25) is 9.69 Å². The van der Waals surface area contributed by atoms with Crippen LogP contribution >= 0.6 is 23.4 Å². The summed E-state index contributed by atoms with van der Waals surface area (Å²) in [6.07, 6.45) is 0. The molecule has 0 unspecified atom stereocenters. The van der Waals surface area contributed by atoms with E-state index in [1.165, 1.54) is 47.0 Å². The van der Waals surface area contributed by atoms with Crippen molar-refractivity contribution in [2.75, 3.05) is 10.7 Å². The van der Waals surface area contributed by atoms with E-state index in [-0.39, 0.29) is 22.2 Å². The van der Waals surface area contributed by atoms with E-state index in [0.29, 0.717) is 5.69 Å². The number of anilines is 1.